The Kier molecular flexibility index (Phi) is 5.52. The molecule has 0 saturated carbocycles. The van der Waals surface area contributed by atoms with Gasteiger partial charge >= 0.3 is 0 Å². The topological polar surface area (TPSA) is 36.3 Å². The summed E-state index contributed by atoms with van der Waals surface area (Å²) in [6.45, 7) is 7.52. The van der Waals surface area contributed by atoms with Gasteiger partial charge in [0.1, 0.15) is 0 Å². The largest absolute Gasteiger partial charge is 0.378 e. The molecule has 3 aromatic rings. The number of pyridine rings is 1. The van der Waals surface area contributed by atoms with Gasteiger partial charge in [-0.2, -0.15) is 0 Å². The van der Waals surface area contributed by atoms with Gasteiger partial charge in [-0.25, -0.2) is 0 Å². The van der Waals surface area contributed by atoms with Crippen molar-refractivity contribution in [2.24, 2.45) is 0 Å². The van der Waals surface area contributed by atoms with Gasteiger partial charge in [-0.05, 0) is 81.0 Å². The summed E-state index contributed by atoms with van der Waals surface area (Å²) in [5.41, 5.74) is 7.09. The van der Waals surface area contributed by atoms with Crippen LogP contribution in [0.2, 0.25) is 0 Å². The molecule has 30 heavy (non-hydrogen) atoms. The molecule has 6 heteroatoms. The highest BCUT2D eigenvalue weighted by Gasteiger charge is 2.42. The number of aryl methyl sites for hydroxylation is 1. The molecule has 0 bridgehead atoms. The van der Waals surface area contributed by atoms with Gasteiger partial charge in [0.2, 0.25) is 0 Å². The average molecular weight is 420 g/mol. The van der Waals surface area contributed by atoms with Crippen molar-refractivity contribution in [2.45, 2.75) is 39.4 Å². The molecule has 0 amide bonds. The van der Waals surface area contributed by atoms with E-state index in [1.165, 1.54) is 22.6 Å². The highest BCUT2D eigenvalue weighted by Crippen LogP contribution is 2.43. The predicted molar refractivity (Wildman–Crippen MR) is 128 cm³/mol. The monoisotopic (exact) mass is 419 g/mol. The predicted octanol–water partition coefficient (Wildman–Crippen LogP) is 4.76. The van der Waals surface area contributed by atoms with Crippen LogP contribution in [0.5, 0.6) is 0 Å². The molecule has 0 radical (unpaired) electrons. The third kappa shape index (κ3) is 3.45. The molecule has 2 aromatic heterocycles. The second-order valence-corrected chi connectivity index (χ2v) is 8.36. The normalized spacial score (nSPS) is 18.6. The Labute approximate surface area is 184 Å². The second-order valence-electron chi connectivity index (χ2n) is 7.98. The highest BCUT2D eigenvalue weighted by molar-refractivity contribution is 7.80. The Morgan fingerprint density at radius 2 is 1.83 bits per heavy atom. The number of aromatic nitrogens is 2. The minimum atomic E-state index is -0.0157. The molecule has 0 aliphatic carbocycles. The zero-order valence-electron chi connectivity index (χ0n) is 18.3. The van der Waals surface area contributed by atoms with Crippen molar-refractivity contribution >= 4 is 28.7 Å². The van der Waals surface area contributed by atoms with Gasteiger partial charge in [0.25, 0.3) is 0 Å². The van der Waals surface area contributed by atoms with Crippen molar-refractivity contribution in [3.63, 3.8) is 0 Å². The van der Waals surface area contributed by atoms with Crippen molar-refractivity contribution in [2.75, 3.05) is 23.9 Å². The van der Waals surface area contributed by atoms with Crippen LogP contribution < -0.4 is 15.1 Å². The van der Waals surface area contributed by atoms with Crippen LogP contribution in [0, 0.1) is 13.8 Å². The van der Waals surface area contributed by atoms with E-state index in [0.29, 0.717) is 0 Å². The number of rotatable bonds is 5. The fourth-order valence-electron chi connectivity index (χ4n) is 4.47. The zero-order chi connectivity index (χ0) is 21.4. The molecule has 1 saturated heterocycles. The van der Waals surface area contributed by atoms with Crippen LogP contribution in [0.15, 0.2) is 54.7 Å². The maximum Gasteiger partial charge on any atom is 0.174 e. The number of anilines is 2. The van der Waals surface area contributed by atoms with Crippen LogP contribution >= 0.6 is 12.2 Å². The molecule has 1 N–H and O–H groups in total. The molecular weight excluding hydrogens is 390 g/mol. The lowest BCUT2D eigenvalue weighted by molar-refractivity contribution is 0.563. The van der Waals surface area contributed by atoms with Crippen LogP contribution in [-0.4, -0.2) is 28.8 Å². The molecule has 0 spiro atoms. The van der Waals surface area contributed by atoms with E-state index in [4.69, 9.17) is 12.2 Å². The summed E-state index contributed by atoms with van der Waals surface area (Å²) in [5, 5.41) is 4.28. The molecular formula is C24H29N5S. The van der Waals surface area contributed by atoms with Crippen LogP contribution in [-0.2, 0) is 6.54 Å². The number of nitrogens with zero attached hydrogens (tertiary/aromatic N) is 4. The molecule has 1 aliphatic rings. The van der Waals surface area contributed by atoms with Crippen molar-refractivity contribution in [1.82, 2.24) is 14.9 Å². The molecule has 1 aliphatic heterocycles. The van der Waals surface area contributed by atoms with E-state index in [1.54, 1.807) is 0 Å². The number of nitrogens with one attached hydrogen (secondary N) is 1. The van der Waals surface area contributed by atoms with E-state index < -0.39 is 0 Å². The summed E-state index contributed by atoms with van der Waals surface area (Å²) in [4.78, 5) is 9.00. The summed E-state index contributed by atoms with van der Waals surface area (Å²) < 4.78 is 2.36. The minimum absolute atomic E-state index is 0.0157. The van der Waals surface area contributed by atoms with Crippen molar-refractivity contribution < 1.29 is 0 Å². The quantitative estimate of drug-likeness (QED) is 0.603. The molecule has 4 rings (SSSR count). The number of hydrogen-bond donors (Lipinski definition) is 1. The molecule has 3 heterocycles. The Bertz CT molecular complexity index is 1040. The van der Waals surface area contributed by atoms with E-state index in [1.807, 2.05) is 18.3 Å². The summed E-state index contributed by atoms with van der Waals surface area (Å²) in [7, 11) is 4.10. The summed E-state index contributed by atoms with van der Waals surface area (Å²) >= 11 is 5.84. The smallest absolute Gasteiger partial charge is 0.174 e. The zero-order valence-corrected chi connectivity index (χ0v) is 19.1. The minimum Gasteiger partial charge on any atom is -0.378 e. The van der Waals surface area contributed by atoms with Crippen molar-refractivity contribution in [3.05, 3.63) is 77.4 Å². The van der Waals surface area contributed by atoms with Crippen LogP contribution in [0.3, 0.4) is 0 Å². The second kappa shape index (κ2) is 8.11. The van der Waals surface area contributed by atoms with Gasteiger partial charge in [-0.3, -0.25) is 4.98 Å². The van der Waals surface area contributed by atoms with Crippen molar-refractivity contribution in [3.8, 4) is 0 Å². The Morgan fingerprint density at radius 1 is 1.10 bits per heavy atom. The maximum atomic E-state index is 5.84. The number of thiocarbonyl (C=S) groups is 1. The number of hydrogen-bond acceptors (Lipinski definition) is 3. The molecule has 1 aromatic carbocycles. The van der Waals surface area contributed by atoms with Gasteiger partial charge in [0.05, 0.1) is 17.8 Å². The number of benzene rings is 1. The lowest BCUT2D eigenvalue weighted by Gasteiger charge is -2.28. The Hall–Kier alpha value is -2.86. The van der Waals surface area contributed by atoms with E-state index >= 15 is 0 Å². The van der Waals surface area contributed by atoms with E-state index in [0.717, 1.165) is 23.0 Å². The summed E-state index contributed by atoms with van der Waals surface area (Å²) in [6, 6.07) is 17.0. The van der Waals surface area contributed by atoms with Gasteiger partial charge in [0.15, 0.2) is 5.11 Å². The first-order chi connectivity index (χ1) is 14.4. The third-order valence-corrected chi connectivity index (χ3v) is 6.30. The summed E-state index contributed by atoms with van der Waals surface area (Å²) in [5.74, 6) is 0. The first-order valence-corrected chi connectivity index (χ1v) is 10.8. The lowest BCUT2D eigenvalue weighted by atomic mass is 9.96. The molecule has 156 valence electrons. The molecule has 1 fully saturated rings. The van der Waals surface area contributed by atoms with Gasteiger partial charge < -0.3 is 19.7 Å². The summed E-state index contributed by atoms with van der Waals surface area (Å²) in [6.07, 6.45) is 1.85. The van der Waals surface area contributed by atoms with Crippen LogP contribution in [0.4, 0.5) is 11.4 Å². The molecule has 5 nitrogen and oxygen atoms in total. The van der Waals surface area contributed by atoms with Gasteiger partial charge in [-0.1, -0.05) is 6.07 Å². The Morgan fingerprint density at radius 3 is 2.40 bits per heavy atom. The maximum absolute atomic E-state index is 5.84. The first-order valence-electron chi connectivity index (χ1n) is 10.4. The highest BCUT2D eigenvalue weighted by atomic mass is 32.1. The molecule has 2 atom stereocenters. The van der Waals surface area contributed by atoms with Crippen LogP contribution in [0.1, 0.15) is 41.7 Å². The fraction of sp³-hybridized carbons (Fsp3) is 0.333. The van der Waals surface area contributed by atoms with E-state index in [2.05, 4.69) is 95.9 Å². The Balaban J connectivity index is 1.84. The fourth-order valence-corrected chi connectivity index (χ4v) is 4.82. The van der Waals surface area contributed by atoms with Gasteiger partial charge in [0, 0.05) is 49.6 Å². The average Bonchev–Trinajstić information content (AvgIpc) is 3.23. The third-order valence-electron chi connectivity index (χ3n) is 5.99. The van der Waals surface area contributed by atoms with Crippen molar-refractivity contribution in [1.29, 1.82) is 0 Å². The molecule has 0 unspecified atom stereocenters. The van der Waals surface area contributed by atoms with E-state index in [9.17, 15) is 0 Å². The standard InChI is InChI=1S/C24H29N5S/c1-6-28-16(2)15-20(17(28)3)23-22(21-9-7-8-14-25-21)26-24(30)29(23)19-12-10-18(11-13-19)27(4)5/h7-15,22-23H,6H2,1-5H3,(H,26,30)/t22-,23+/m1/s1. The lowest BCUT2D eigenvalue weighted by Crippen LogP contribution is -2.29. The first kappa shape index (κ1) is 20.4. The SMILES string of the molecule is CCn1c(C)cc([C@H]2[C@@H](c3ccccn3)NC(=S)N2c2ccc(N(C)C)cc2)c1C. The van der Waals surface area contributed by atoms with Crippen LogP contribution in [0.25, 0.3) is 0 Å². The van der Waals surface area contributed by atoms with E-state index in [-0.39, 0.29) is 12.1 Å². The van der Waals surface area contributed by atoms with Gasteiger partial charge in [-0.15, -0.1) is 0 Å².